The van der Waals surface area contributed by atoms with Crippen molar-refractivity contribution in [2.24, 2.45) is 0 Å². The lowest BCUT2D eigenvalue weighted by molar-refractivity contribution is 0.177. The van der Waals surface area contributed by atoms with Crippen LogP contribution in [0.3, 0.4) is 0 Å². The molecule has 0 aliphatic heterocycles. The molecule has 0 aliphatic rings. The average molecular weight is 248 g/mol. The maximum absolute atomic E-state index is 11.5. The zero-order valence-corrected chi connectivity index (χ0v) is 9.61. The number of hydrogen-bond acceptors (Lipinski definition) is 5. The van der Waals surface area contributed by atoms with Crippen molar-refractivity contribution in [3.8, 4) is 0 Å². The van der Waals surface area contributed by atoms with Crippen LogP contribution in [0.1, 0.15) is 5.56 Å². The van der Waals surface area contributed by atoms with Gasteiger partial charge in [-0.25, -0.2) is 9.52 Å². The third-order valence-electron chi connectivity index (χ3n) is 1.77. The molecule has 0 saturated heterocycles. The Morgan fingerprint density at radius 2 is 2.38 bits per heavy atom. The van der Waals surface area contributed by atoms with Gasteiger partial charge < -0.3 is 4.74 Å². The molecule has 16 heavy (non-hydrogen) atoms. The molecule has 1 aromatic heterocycles. The van der Waals surface area contributed by atoms with Crippen molar-refractivity contribution < 1.29 is 17.9 Å². The number of aromatic amines is 1. The quantitative estimate of drug-likeness (QED) is 0.743. The molecule has 90 valence electrons. The molecule has 1 rings (SSSR count). The number of methoxy groups -OCH3 is 1. The van der Waals surface area contributed by atoms with Crippen LogP contribution in [0.2, 0.25) is 0 Å². The second-order valence-corrected chi connectivity index (χ2v) is 4.74. The summed E-state index contributed by atoms with van der Waals surface area (Å²) in [4.78, 5) is 10.8. The second-order valence-electron chi connectivity index (χ2n) is 2.96. The van der Waals surface area contributed by atoms with E-state index in [1.165, 1.54) is 13.2 Å². The van der Waals surface area contributed by atoms with Gasteiger partial charge in [-0.2, -0.15) is 17.8 Å². The first kappa shape index (κ1) is 12.5. The van der Waals surface area contributed by atoms with Crippen LogP contribution in [-0.4, -0.2) is 43.2 Å². The SMILES string of the molecule is COC(=O)NS(=O)(=O)N(C)Cc1cn[nH]c1. The highest BCUT2D eigenvalue weighted by molar-refractivity contribution is 7.87. The number of ether oxygens (including phenoxy) is 1. The number of carbonyl (C=O) groups is 1. The van der Waals surface area contributed by atoms with E-state index in [2.05, 4.69) is 14.9 Å². The summed E-state index contributed by atoms with van der Waals surface area (Å²) in [5.41, 5.74) is 0.678. The van der Waals surface area contributed by atoms with Crippen molar-refractivity contribution in [2.45, 2.75) is 6.54 Å². The molecule has 0 aromatic carbocycles. The number of carbonyl (C=O) groups excluding carboxylic acids is 1. The van der Waals surface area contributed by atoms with Gasteiger partial charge in [0, 0.05) is 25.4 Å². The van der Waals surface area contributed by atoms with E-state index >= 15 is 0 Å². The van der Waals surface area contributed by atoms with Crippen LogP contribution in [0.15, 0.2) is 12.4 Å². The molecule has 0 fully saturated rings. The predicted molar refractivity (Wildman–Crippen MR) is 54.5 cm³/mol. The van der Waals surface area contributed by atoms with Gasteiger partial charge >= 0.3 is 16.3 Å². The minimum absolute atomic E-state index is 0.100. The molecule has 0 spiro atoms. The summed E-state index contributed by atoms with van der Waals surface area (Å²) < 4.78 is 29.9. The van der Waals surface area contributed by atoms with E-state index in [-0.39, 0.29) is 6.54 Å². The fourth-order valence-corrected chi connectivity index (χ4v) is 1.70. The number of hydrogen-bond donors (Lipinski definition) is 2. The van der Waals surface area contributed by atoms with Crippen molar-refractivity contribution in [1.82, 2.24) is 19.2 Å². The minimum Gasteiger partial charge on any atom is -0.452 e. The lowest BCUT2D eigenvalue weighted by Gasteiger charge is -2.15. The van der Waals surface area contributed by atoms with Crippen LogP contribution >= 0.6 is 0 Å². The van der Waals surface area contributed by atoms with E-state index in [0.29, 0.717) is 5.56 Å². The molecule has 9 heteroatoms. The van der Waals surface area contributed by atoms with Gasteiger partial charge in [0.25, 0.3) is 0 Å². The van der Waals surface area contributed by atoms with Crippen LogP contribution in [0.25, 0.3) is 0 Å². The van der Waals surface area contributed by atoms with Crippen molar-refractivity contribution in [3.63, 3.8) is 0 Å². The predicted octanol–water partition coefficient (Wildman–Crippen LogP) is -0.558. The van der Waals surface area contributed by atoms with Crippen LogP contribution in [0.5, 0.6) is 0 Å². The lowest BCUT2D eigenvalue weighted by atomic mass is 10.4. The summed E-state index contributed by atoms with van der Waals surface area (Å²) in [6.45, 7) is 0.100. The number of amides is 1. The highest BCUT2D eigenvalue weighted by atomic mass is 32.2. The van der Waals surface area contributed by atoms with Crippen LogP contribution in [-0.2, 0) is 21.5 Å². The van der Waals surface area contributed by atoms with E-state index in [9.17, 15) is 13.2 Å². The largest absolute Gasteiger partial charge is 0.452 e. The van der Waals surface area contributed by atoms with Crippen molar-refractivity contribution in [2.75, 3.05) is 14.2 Å². The van der Waals surface area contributed by atoms with Gasteiger partial charge in [0.2, 0.25) is 0 Å². The van der Waals surface area contributed by atoms with Crippen molar-refractivity contribution in [1.29, 1.82) is 0 Å². The van der Waals surface area contributed by atoms with E-state index in [1.54, 1.807) is 10.9 Å². The fourth-order valence-electron chi connectivity index (χ4n) is 0.931. The number of nitrogens with zero attached hydrogens (tertiary/aromatic N) is 2. The van der Waals surface area contributed by atoms with Gasteiger partial charge in [0.05, 0.1) is 13.3 Å². The molecule has 1 aromatic rings. The summed E-state index contributed by atoms with van der Waals surface area (Å²) in [5, 5.41) is 6.23. The van der Waals surface area contributed by atoms with E-state index in [4.69, 9.17) is 0 Å². The van der Waals surface area contributed by atoms with Crippen LogP contribution < -0.4 is 4.72 Å². The Morgan fingerprint density at radius 1 is 1.69 bits per heavy atom. The number of nitrogens with one attached hydrogen (secondary N) is 2. The molecule has 0 unspecified atom stereocenters. The highest BCUT2D eigenvalue weighted by Crippen LogP contribution is 2.03. The second kappa shape index (κ2) is 4.94. The number of H-pyrrole nitrogens is 1. The molecule has 0 atom stereocenters. The summed E-state index contributed by atoms with van der Waals surface area (Å²) in [6.07, 6.45) is 2.02. The van der Waals surface area contributed by atoms with E-state index in [0.717, 1.165) is 11.4 Å². The first-order chi connectivity index (χ1) is 7.45. The standard InChI is InChI=1S/C7H12N4O4S/c1-11(5-6-3-8-9-4-6)16(13,14)10-7(12)15-2/h3-4H,5H2,1-2H3,(H,8,9)(H,10,12). The van der Waals surface area contributed by atoms with Gasteiger partial charge in [-0.3, -0.25) is 5.10 Å². The third kappa shape index (κ3) is 3.21. The first-order valence-electron chi connectivity index (χ1n) is 4.25. The highest BCUT2D eigenvalue weighted by Gasteiger charge is 2.21. The summed E-state index contributed by atoms with van der Waals surface area (Å²) in [5.74, 6) is 0. The Balaban J connectivity index is 2.65. The lowest BCUT2D eigenvalue weighted by Crippen LogP contribution is -2.40. The normalized spacial score (nSPS) is 11.4. The molecule has 2 N–H and O–H groups in total. The maximum atomic E-state index is 11.5. The Morgan fingerprint density at radius 3 is 2.88 bits per heavy atom. The summed E-state index contributed by atoms with van der Waals surface area (Å²) >= 11 is 0. The van der Waals surface area contributed by atoms with Gasteiger partial charge in [-0.1, -0.05) is 0 Å². The van der Waals surface area contributed by atoms with E-state index in [1.807, 2.05) is 0 Å². The van der Waals surface area contributed by atoms with Gasteiger partial charge in [0.15, 0.2) is 0 Å². The molecule has 1 heterocycles. The molecular formula is C7H12N4O4S. The van der Waals surface area contributed by atoms with E-state index < -0.39 is 16.3 Å². The third-order valence-corrected chi connectivity index (χ3v) is 3.14. The molecule has 0 bridgehead atoms. The Kier molecular flexibility index (Phi) is 3.85. The monoisotopic (exact) mass is 248 g/mol. The fraction of sp³-hybridized carbons (Fsp3) is 0.429. The molecule has 0 radical (unpaired) electrons. The van der Waals surface area contributed by atoms with Crippen molar-refractivity contribution >= 4 is 16.3 Å². The topological polar surface area (TPSA) is 104 Å². The van der Waals surface area contributed by atoms with Gasteiger partial charge in [0.1, 0.15) is 0 Å². The van der Waals surface area contributed by atoms with Gasteiger partial charge in [-0.15, -0.1) is 0 Å². The molecular weight excluding hydrogens is 236 g/mol. The Labute approximate surface area is 92.8 Å². The number of aromatic nitrogens is 2. The first-order valence-corrected chi connectivity index (χ1v) is 5.69. The molecule has 0 saturated carbocycles. The van der Waals surface area contributed by atoms with Gasteiger partial charge in [-0.05, 0) is 0 Å². The number of rotatable bonds is 4. The zero-order chi connectivity index (χ0) is 12.2. The average Bonchev–Trinajstić information content (AvgIpc) is 2.69. The maximum Gasteiger partial charge on any atom is 0.421 e. The minimum atomic E-state index is -3.88. The zero-order valence-electron chi connectivity index (χ0n) is 8.80. The molecule has 1 amide bonds. The van der Waals surface area contributed by atoms with Crippen LogP contribution in [0, 0.1) is 0 Å². The Bertz CT molecular complexity index is 441. The van der Waals surface area contributed by atoms with Crippen molar-refractivity contribution in [3.05, 3.63) is 18.0 Å². The summed E-state index contributed by atoms with van der Waals surface area (Å²) in [7, 11) is -1.46. The smallest absolute Gasteiger partial charge is 0.421 e. The molecule has 8 nitrogen and oxygen atoms in total. The molecule has 0 aliphatic carbocycles. The summed E-state index contributed by atoms with van der Waals surface area (Å²) in [6, 6.07) is 0. The van der Waals surface area contributed by atoms with Crippen LogP contribution in [0.4, 0.5) is 4.79 Å². The Hall–Kier alpha value is -1.61.